The van der Waals surface area contributed by atoms with E-state index in [0.29, 0.717) is 19.7 Å². The third-order valence-electron chi connectivity index (χ3n) is 6.14. The Bertz CT molecular complexity index is 663. The number of ether oxygens (including phenoxy) is 1. The summed E-state index contributed by atoms with van der Waals surface area (Å²) >= 11 is 0. The monoisotopic (exact) mass is 365 g/mol. The number of piperazine rings is 1. The second kappa shape index (κ2) is 7.15. The van der Waals surface area contributed by atoms with Crippen LogP contribution in [-0.4, -0.2) is 77.4 Å². The van der Waals surface area contributed by atoms with E-state index in [1.165, 1.54) is 23.9 Å². The highest BCUT2D eigenvalue weighted by Gasteiger charge is 2.39. The zero-order valence-corrected chi connectivity index (χ0v) is 15.5. The maximum atomic E-state index is 14.4. The molecule has 0 spiro atoms. The molecular formula is C18H28FN5O2. The first-order valence-corrected chi connectivity index (χ1v) is 9.70. The molecule has 1 N–H and O–H groups in total. The van der Waals surface area contributed by atoms with Gasteiger partial charge in [0.05, 0.1) is 6.54 Å². The molecule has 1 saturated carbocycles. The molecule has 4 rings (SSSR count). The van der Waals surface area contributed by atoms with Crippen LogP contribution >= 0.6 is 0 Å². The average Bonchev–Trinajstić information content (AvgIpc) is 3.24. The molecule has 0 unspecified atom stereocenters. The van der Waals surface area contributed by atoms with Crippen LogP contribution < -0.4 is 10.1 Å². The number of carbonyl (C=O) groups is 1. The van der Waals surface area contributed by atoms with Crippen LogP contribution in [0.2, 0.25) is 0 Å². The largest absolute Gasteiger partial charge is 0.474 e. The van der Waals surface area contributed by atoms with Crippen molar-refractivity contribution in [3.63, 3.8) is 0 Å². The van der Waals surface area contributed by atoms with Crippen molar-refractivity contribution in [2.75, 3.05) is 46.4 Å². The topological polar surface area (TPSA) is 62.6 Å². The molecule has 2 fully saturated rings. The van der Waals surface area contributed by atoms with Gasteiger partial charge in [-0.3, -0.25) is 9.69 Å². The summed E-state index contributed by atoms with van der Waals surface area (Å²) in [5, 5.41) is 7.07. The van der Waals surface area contributed by atoms with E-state index in [2.05, 4.69) is 27.3 Å². The van der Waals surface area contributed by atoms with E-state index >= 15 is 0 Å². The van der Waals surface area contributed by atoms with Gasteiger partial charge >= 0.3 is 0 Å². The molecule has 0 bridgehead atoms. The van der Waals surface area contributed by atoms with Crippen LogP contribution in [0.5, 0.6) is 5.88 Å². The maximum Gasteiger partial charge on any atom is 0.275 e. The number of hydrogen-bond acceptors (Lipinski definition) is 5. The molecule has 0 aromatic carbocycles. The van der Waals surface area contributed by atoms with E-state index in [1.807, 2.05) is 0 Å². The Morgan fingerprint density at radius 3 is 2.62 bits per heavy atom. The van der Waals surface area contributed by atoms with Crippen molar-refractivity contribution in [1.29, 1.82) is 0 Å². The summed E-state index contributed by atoms with van der Waals surface area (Å²) in [4.78, 5) is 17.5. The van der Waals surface area contributed by atoms with Crippen LogP contribution in [-0.2, 0) is 6.54 Å². The molecule has 1 aromatic rings. The van der Waals surface area contributed by atoms with Crippen LogP contribution in [0.25, 0.3) is 0 Å². The lowest BCUT2D eigenvalue weighted by Crippen LogP contribution is -2.61. The van der Waals surface area contributed by atoms with E-state index in [4.69, 9.17) is 4.74 Å². The number of aromatic nitrogens is 2. The van der Waals surface area contributed by atoms with Gasteiger partial charge in [-0.05, 0) is 19.9 Å². The van der Waals surface area contributed by atoms with E-state index in [0.717, 1.165) is 39.0 Å². The normalized spacial score (nSPS) is 23.5. The molecule has 1 aliphatic carbocycles. The van der Waals surface area contributed by atoms with Gasteiger partial charge in [0.15, 0.2) is 5.69 Å². The van der Waals surface area contributed by atoms with Crippen LogP contribution in [0.15, 0.2) is 0 Å². The minimum Gasteiger partial charge on any atom is -0.474 e. The third-order valence-corrected chi connectivity index (χ3v) is 6.14. The highest BCUT2D eigenvalue weighted by Crippen LogP contribution is 2.34. The van der Waals surface area contributed by atoms with Gasteiger partial charge < -0.3 is 15.0 Å². The Balaban J connectivity index is 1.45. The molecule has 0 atom stereocenters. The molecule has 26 heavy (non-hydrogen) atoms. The number of nitrogens with zero attached hydrogens (tertiary/aromatic N) is 4. The Hall–Kier alpha value is -1.67. The predicted octanol–water partition coefficient (Wildman–Crippen LogP) is 1.09. The number of nitrogens with one attached hydrogen (secondary N) is 1. The molecule has 1 aromatic heterocycles. The number of halogens is 1. The summed E-state index contributed by atoms with van der Waals surface area (Å²) in [5.41, 5.74) is -0.158. The zero-order valence-electron chi connectivity index (χ0n) is 15.5. The fourth-order valence-corrected chi connectivity index (χ4v) is 4.51. The quantitative estimate of drug-likeness (QED) is 0.866. The second-order valence-electron chi connectivity index (χ2n) is 7.80. The number of carbonyl (C=O) groups excluding carboxylic acids is 1. The summed E-state index contributed by atoms with van der Waals surface area (Å²) in [5.74, 6) is -0.994. The number of rotatable bonds is 4. The highest BCUT2D eigenvalue weighted by atomic mass is 19.1. The van der Waals surface area contributed by atoms with Crippen LogP contribution in [0, 0.1) is 5.82 Å². The molecule has 144 valence electrons. The van der Waals surface area contributed by atoms with Crippen LogP contribution in [0.1, 0.15) is 42.6 Å². The predicted molar refractivity (Wildman–Crippen MR) is 94.9 cm³/mol. The van der Waals surface area contributed by atoms with E-state index < -0.39 is 11.7 Å². The number of fused-ring (bicyclic) bond motifs is 1. The summed E-state index contributed by atoms with van der Waals surface area (Å²) in [7, 11) is 2.15. The summed E-state index contributed by atoms with van der Waals surface area (Å²) in [6.07, 6.45) is 5.79. The Morgan fingerprint density at radius 1 is 1.19 bits per heavy atom. The number of likely N-dealkylation sites (N-methyl/N-ethyl adjacent to an activating group) is 1. The molecule has 2 aliphatic heterocycles. The Morgan fingerprint density at radius 2 is 1.92 bits per heavy atom. The molecular weight excluding hydrogens is 337 g/mol. The van der Waals surface area contributed by atoms with E-state index in [9.17, 15) is 9.18 Å². The molecule has 8 heteroatoms. The molecule has 3 heterocycles. The average molecular weight is 365 g/mol. The molecule has 1 saturated heterocycles. The summed E-state index contributed by atoms with van der Waals surface area (Å²) < 4.78 is 21.0. The highest BCUT2D eigenvalue weighted by molar-refractivity contribution is 5.93. The Kier molecular flexibility index (Phi) is 4.88. The van der Waals surface area contributed by atoms with Gasteiger partial charge in [0, 0.05) is 38.3 Å². The molecule has 3 aliphatic rings. The Labute approximate surface area is 153 Å². The fraction of sp³-hybridized carbons (Fsp3) is 0.778. The van der Waals surface area contributed by atoms with Crippen molar-refractivity contribution in [3.05, 3.63) is 11.5 Å². The summed E-state index contributed by atoms with van der Waals surface area (Å²) in [6.45, 7) is 5.60. The van der Waals surface area contributed by atoms with Gasteiger partial charge in [0.1, 0.15) is 6.61 Å². The zero-order chi connectivity index (χ0) is 18.1. The smallest absolute Gasteiger partial charge is 0.275 e. The molecule has 7 nitrogen and oxygen atoms in total. The van der Waals surface area contributed by atoms with Crippen LogP contribution in [0.4, 0.5) is 4.39 Å². The number of amides is 1. The van der Waals surface area contributed by atoms with Crippen molar-refractivity contribution in [2.24, 2.45) is 0 Å². The summed E-state index contributed by atoms with van der Waals surface area (Å²) in [6, 6.07) is 0. The van der Waals surface area contributed by atoms with Gasteiger partial charge in [0.2, 0.25) is 11.7 Å². The van der Waals surface area contributed by atoms with Gasteiger partial charge in [-0.2, -0.15) is 9.49 Å². The second-order valence-corrected chi connectivity index (χ2v) is 7.80. The molecule has 1 amide bonds. The van der Waals surface area contributed by atoms with Gasteiger partial charge in [-0.25, -0.2) is 4.68 Å². The van der Waals surface area contributed by atoms with Crippen molar-refractivity contribution in [3.8, 4) is 5.88 Å². The minimum absolute atomic E-state index is 0.00932. The first kappa shape index (κ1) is 17.7. The lowest BCUT2D eigenvalue weighted by molar-refractivity contribution is 0.0138. The van der Waals surface area contributed by atoms with Crippen molar-refractivity contribution in [2.45, 2.75) is 44.2 Å². The third kappa shape index (κ3) is 3.20. The SMILES string of the molecule is CN1CCN(C2(CNC(=O)c3nn4c(c3F)OCC4)CCCCC2)CC1. The maximum absolute atomic E-state index is 14.4. The van der Waals surface area contributed by atoms with E-state index in [1.54, 1.807) is 0 Å². The van der Waals surface area contributed by atoms with Crippen molar-refractivity contribution in [1.82, 2.24) is 24.9 Å². The minimum atomic E-state index is -0.641. The lowest BCUT2D eigenvalue weighted by Gasteiger charge is -2.49. The standard InChI is InChI=1S/C18H28FN5O2/c1-22-7-9-23(10-8-22)18(5-3-2-4-6-18)13-20-16(25)15-14(19)17-24(21-15)11-12-26-17/h2-13H2,1H3,(H,20,25). The van der Waals surface area contributed by atoms with E-state index in [-0.39, 0.29) is 17.1 Å². The number of hydrogen-bond donors (Lipinski definition) is 1. The molecule has 0 radical (unpaired) electrons. The van der Waals surface area contributed by atoms with Crippen molar-refractivity contribution >= 4 is 5.91 Å². The van der Waals surface area contributed by atoms with Gasteiger partial charge in [0.25, 0.3) is 5.91 Å². The first-order valence-electron chi connectivity index (χ1n) is 9.70. The lowest BCUT2D eigenvalue weighted by atomic mass is 9.79. The van der Waals surface area contributed by atoms with Crippen LogP contribution in [0.3, 0.4) is 0 Å². The van der Waals surface area contributed by atoms with Crippen molar-refractivity contribution < 1.29 is 13.9 Å². The first-order chi connectivity index (χ1) is 12.6. The van der Waals surface area contributed by atoms with Gasteiger partial charge in [-0.1, -0.05) is 19.3 Å². The fourth-order valence-electron chi connectivity index (χ4n) is 4.51. The van der Waals surface area contributed by atoms with Gasteiger partial charge in [-0.15, -0.1) is 0 Å².